The number of hydrogen-bond acceptors (Lipinski definition) is 3. The first kappa shape index (κ1) is 14.4. The molecule has 110 valence electrons. The lowest BCUT2D eigenvalue weighted by Gasteiger charge is -2.15. The molecule has 4 heteroatoms. The molecular formula is C17H19ClN2O. The van der Waals surface area contributed by atoms with Crippen molar-refractivity contribution >= 4 is 11.6 Å². The average molecular weight is 303 g/mol. The molecule has 0 amide bonds. The summed E-state index contributed by atoms with van der Waals surface area (Å²) in [7, 11) is 0. The largest absolute Gasteiger partial charge is 0.437 e. The third-order valence-electron chi connectivity index (χ3n) is 3.63. The molecule has 1 heterocycles. The molecule has 1 aliphatic carbocycles. The van der Waals surface area contributed by atoms with Gasteiger partial charge in [0.1, 0.15) is 5.75 Å². The lowest BCUT2D eigenvalue weighted by molar-refractivity contribution is 0.450. The van der Waals surface area contributed by atoms with Gasteiger partial charge in [0.25, 0.3) is 0 Å². The molecule has 2 aromatic rings. The van der Waals surface area contributed by atoms with E-state index < -0.39 is 0 Å². The first-order valence-corrected chi connectivity index (χ1v) is 7.64. The number of para-hydroxylation sites is 1. The van der Waals surface area contributed by atoms with Crippen LogP contribution in [0, 0.1) is 13.8 Å². The molecular weight excluding hydrogens is 284 g/mol. The third kappa shape index (κ3) is 3.55. The lowest BCUT2D eigenvalue weighted by atomic mass is 10.1. The molecule has 0 atom stereocenters. The molecule has 3 rings (SSSR count). The highest BCUT2D eigenvalue weighted by Gasteiger charge is 2.22. The Morgan fingerprint density at radius 1 is 1.29 bits per heavy atom. The van der Waals surface area contributed by atoms with Gasteiger partial charge in [-0.05, 0) is 50.5 Å². The van der Waals surface area contributed by atoms with E-state index in [0.717, 1.165) is 17.8 Å². The maximum absolute atomic E-state index is 6.18. The lowest BCUT2D eigenvalue weighted by Crippen LogP contribution is -2.17. The van der Waals surface area contributed by atoms with Crippen LogP contribution >= 0.6 is 11.6 Å². The Kier molecular flexibility index (Phi) is 4.13. The van der Waals surface area contributed by atoms with E-state index in [1.807, 2.05) is 31.2 Å². The number of ether oxygens (including phenoxy) is 1. The minimum absolute atomic E-state index is 0.597. The van der Waals surface area contributed by atoms with Crippen LogP contribution in [0.2, 0.25) is 5.02 Å². The highest BCUT2D eigenvalue weighted by atomic mass is 35.5. The summed E-state index contributed by atoms with van der Waals surface area (Å²) in [6.07, 6.45) is 2.53. The van der Waals surface area contributed by atoms with Crippen LogP contribution in [0.15, 0.2) is 30.3 Å². The number of pyridine rings is 1. The predicted octanol–water partition coefficient (Wildman–Crippen LogP) is 4.40. The van der Waals surface area contributed by atoms with Crippen molar-refractivity contribution in [2.75, 3.05) is 0 Å². The SMILES string of the molecule is Cc1cc(C)c(CNC2CC2)c(Oc2ccccc2Cl)n1. The van der Waals surface area contributed by atoms with E-state index in [1.165, 1.54) is 18.4 Å². The normalized spacial score (nSPS) is 14.2. The molecule has 1 fully saturated rings. The molecule has 1 aromatic heterocycles. The van der Waals surface area contributed by atoms with E-state index in [0.29, 0.717) is 22.7 Å². The van der Waals surface area contributed by atoms with Gasteiger partial charge in [-0.1, -0.05) is 23.7 Å². The van der Waals surface area contributed by atoms with Crippen molar-refractivity contribution in [2.24, 2.45) is 0 Å². The Hall–Kier alpha value is -1.58. The summed E-state index contributed by atoms with van der Waals surface area (Å²) in [6.45, 7) is 4.85. The third-order valence-corrected chi connectivity index (χ3v) is 3.94. The van der Waals surface area contributed by atoms with Gasteiger partial charge in [0.15, 0.2) is 0 Å². The minimum atomic E-state index is 0.597. The first-order chi connectivity index (χ1) is 10.1. The average Bonchev–Trinajstić information content (AvgIpc) is 3.24. The van der Waals surface area contributed by atoms with Crippen molar-refractivity contribution < 1.29 is 4.74 Å². The molecule has 21 heavy (non-hydrogen) atoms. The minimum Gasteiger partial charge on any atom is -0.437 e. The highest BCUT2D eigenvalue weighted by molar-refractivity contribution is 6.32. The summed E-state index contributed by atoms with van der Waals surface area (Å²) in [5, 5.41) is 4.12. The Labute approximate surface area is 130 Å². The number of aromatic nitrogens is 1. The Morgan fingerprint density at radius 2 is 2.05 bits per heavy atom. The fourth-order valence-corrected chi connectivity index (χ4v) is 2.47. The van der Waals surface area contributed by atoms with Gasteiger partial charge in [-0.25, -0.2) is 4.98 Å². The Balaban J connectivity index is 1.89. The van der Waals surface area contributed by atoms with Gasteiger partial charge in [-0.2, -0.15) is 0 Å². The van der Waals surface area contributed by atoms with Crippen molar-refractivity contribution in [2.45, 2.75) is 39.3 Å². The van der Waals surface area contributed by atoms with Gasteiger partial charge in [-0.15, -0.1) is 0 Å². The van der Waals surface area contributed by atoms with E-state index in [2.05, 4.69) is 23.3 Å². The number of halogens is 1. The van der Waals surface area contributed by atoms with E-state index in [9.17, 15) is 0 Å². The molecule has 0 saturated heterocycles. The zero-order valence-electron chi connectivity index (χ0n) is 12.3. The van der Waals surface area contributed by atoms with Crippen molar-refractivity contribution in [1.82, 2.24) is 10.3 Å². The smallest absolute Gasteiger partial charge is 0.224 e. The molecule has 0 radical (unpaired) electrons. The molecule has 1 N–H and O–H groups in total. The van der Waals surface area contributed by atoms with Crippen LogP contribution in [0.3, 0.4) is 0 Å². The summed E-state index contributed by atoms with van der Waals surface area (Å²) in [6, 6.07) is 10.2. The van der Waals surface area contributed by atoms with Gasteiger partial charge >= 0.3 is 0 Å². The van der Waals surface area contributed by atoms with Crippen LogP contribution in [0.1, 0.15) is 29.7 Å². The van der Waals surface area contributed by atoms with Crippen LogP contribution in [0.5, 0.6) is 11.6 Å². The van der Waals surface area contributed by atoms with Crippen LogP contribution < -0.4 is 10.1 Å². The van der Waals surface area contributed by atoms with Gasteiger partial charge in [0, 0.05) is 23.8 Å². The maximum atomic E-state index is 6.18. The van der Waals surface area contributed by atoms with Crippen molar-refractivity contribution in [3.63, 3.8) is 0 Å². The standard InChI is InChI=1S/C17H19ClN2O/c1-11-9-12(2)20-17(14(11)10-19-13-7-8-13)21-16-6-4-3-5-15(16)18/h3-6,9,13,19H,7-8,10H2,1-2H3. The van der Waals surface area contributed by atoms with Gasteiger partial charge in [0.05, 0.1) is 5.02 Å². The topological polar surface area (TPSA) is 34.1 Å². The van der Waals surface area contributed by atoms with Gasteiger partial charge in [-0.3, -0.25) is 0 Å². The second kappa shape index (κ2) is 6.04. The van der Waals surface area contributed by atoms with Crippen molar-refractivity contribution in [1.29, 1.82) is 0 Å². The monoisotopic (exact) mass is 302 g/mol. The number of aryl methyl sites for hydroxylation is 2. The molecule has 0 aliphatic heterocycles. The molecule has 3 nitrogen and oxygen atoms in total. The van der Waals surface area contributed by atoms with Crippen molar-refractivity contribution in [3.05, 3.63) is 52.2 Å². The number of nitrogens with one attached hydrogen (secondary N) is 1. The predicted molar refractivity (Wildman–Crippen MR) is 85.1 cm³/mol. The highest BCUT2D eigenvalue weighted by Crippen LogP contribution is 2.31. The maximum Gasteiger partial charge on any atom is 0.224 e. The summed E-state index contributed by atoms with van der Waals surface area (Å²) in [4.78, 5) is 4.55. The second-order valence-corrected chi connectivity index (χ2v) is 5.96. The summed E-state index contributed by atoms with van der Waals surface area (Å²) in [5.74, 6) is 1.29. The number of hydrogen-bond donors (Lipinski definition) is 1. The van der Waals surface area contributed by atoms with Gasteiger partial charge < -0.3 is 10.1 Å². The second-order valence-electron chi connectivity index (χ2n) is 5.55. The zero-order valence-corrected chi connectivity index (χ0v) is 13.1. The van der Waals surface area contributed by atoms with Crippen LogP contribution in [0.4, 0.5) is 0 Å². The molecule has 1 aromatic carbocycles. The van der Waals surface area contributed by atoms with E-state index in [-0.39, 0.29) is 0 Å². The summed E-state index contributed by atoms with van der Waals surface area (Å²) in [5.41, 5.74) is 3.25. The Bertz CT molecular complexity index is 653. The number of benzene rings is 1. The molecule has 1 saturated carbocycles. The van der Waals surface area contributed by atoms with E-state index in [4.69, 9.17) is 16.3 Å². The molecule has 0 bridgehead atoms. The Morgan fingerprint density at radius 3 is 2.76 bits per heavy atom. The first-order valence-electron chi connectivity index (χ1n) is 7.26. The van der Waals surface area contributed by atoms with Crippen LogP contribution in [-0.4, -0.2) is 11.0 Å². The molecule has 0 spiro atoms. The fourth-order valence-electron chi connectivity index (χ4n) is 2.29. The summed E-state index contributed by atoms with van der Waals surface area (Å²) >= 11 is 6.18. The fraction of sp³-hybridized carbons (Fsp3) is 0.353. The zero-order chi connectivity index (χ0) is 14.8. The van der Waals surface area contributed by atoms with Crippen molar-refractivity contribution in [3.8, 4) is 11.6 Å². The number of rotatable bonds is 5. The van der Waals surface area contributed by atoms with E-state index >= 15 is 0 Å². The summed E-state index contributed by atoms with van der Waals surface area (Å²) < 4.78 is 5.97. The van der Waals surface area contributed by atoms with Gasteiger partial charge in [0.2, 0.25) is 5.88 Å². The van der Waals surface area contributed by atoms with Crippen LogP contribution in [0.25, 0.3) is 0 Å². The molecule has 1 aliphatic rings. The quantitative estimate of drug-likeness (QED) is 0.889. The molecule has 0 unspecified atom stereocenters. The van der Waals surface area contributed by atoms with E-state index in [1.54, 1.807) is 0 Å². The number of nitrogens with zero attached hydrogens (tertiary/aromatic N) is 1. The van der Waals surface area contributed by atoms with Crippen LogP contribution in [-0.2, 0) is 6.54 Å².